The van der Waals surface area contributed by atoms with E-state index >= 15 is 0 Å². The molecule has 2 heterocycles. The molecule has 2 aromatic carbocycles. The Morgan fingerprint density at radius 3 is 2.78 bits per heavy atom. The standard InChI is InChI=1S/C23H27N3O6/c1-2-29-21-13-17(3-5-19(21)30-12-9-26-7-10-28-11-8-26)15-24-25-23(27)18-4-6-20-22(14-18)32-16-31-20/h3-6,13-15H,2,7-12,16H2,1H3,(H,25,27)/b24-15+. The Bertz CT molecular complexity index is 959. The molecular formula is C23H27N3O6. The van der Waals surface area contributed by atoms with Crippen molar-refractivity contribution in [2.24, 2.45) is 5.10 Å². The molecule has 2 aliphatic heterocycles. The van der Waals surface area contributed by atoms with Gasteiger partial charge in [-0.25, -0.2) is 5.43 Å². The zero-order chi connectivity index (χ0) is 22.2. The third-order valence-electron chi connectivity index (χ3n) is 5.05. The Labute approximate surface area is 186 Å². The Hall–Kier alpha value is -3.30. The maximum absolute atomic E-state index is 12.3. The van der Waals surface area contributed by atoms with E-state index in [1.54, 1.807) is 24.4 Å². The van der Waals surface area contributed by atoms with Crippen LogP contribution in [0.4, 0.5) is 0 Å². The minimum atomic E-state index is -0.340. The number of amides is 1. The minimum Gasteiger partial charge on any atom is -0.490 e. The lowest BCUT2D eigenvalue weighted by Gasteiger charge is -2.26. The molecule has 1 N–H and O–H groups in total. The lowest BCUT2D eigenvalue weighted by Crippen LogP contribution is -2.38. The van der Waals surface area contributed by atoms with Gasteiger partial charge in [-0.1, -0.05) is 0 Å². The molecule has 9 nitrogen and oxygen atoms in total. The fraction of sp³-hybridized carbons (Fsp3) is 0.391. The van der Waals surface area contributed by atoms with Crippen LogP contribution in [-0.4, -0.2) is 69.9 Å². The summed E-state index contributed by atoms with van der Waals surface area (Å²) in [6, 6.07) is 10.5. The predicted molar refractivity (Wildman–Crippen MR) is 118 cm³/mol. The summed E-state index contributed by atoms with van der Waals surface area (Å²) in [6.07, 6.45) is 1.56. The van der Waals surface area contributed by atoms with Gasteiger partial charge in [-0.3, -0.25) is 9.69 Å². The van der Waals surface area contributed by atoms with E-state index in [4.69, 9.17) is 23.7 Å². The van der Waals surface area contributed by atoms with E-state index in [-0.39, 0.29) is 12.7 Å². The van der Waals surface area contributed by atoms with Gasteiger partial charge in [0.25, 0.3) is 5.91 Å². The molecule has 0 aromatic heterocycles. The van der Waals surface area contributed by atoms with Gasteiger partial charge in [0.1, 0.15) is 6.61 Å². The van der Waals surface area contributed by atoms with Crippen LogP contribution in [0, 0.1) is 0 Å². The Morgan fingerprint density at radius 1 is 1.09 bits per heavy atom. The lowest BCUT2D eigenvalue weighted by atomic mass is 10.2. The molecule has 0 bridgehead atoms. The number of rotatable bonds is 9. The number of morpholine rings is 1. The first-order valence-electron chi connectivity index (χ1n) is 10.7. The highest BCUT2D eigenvalue weighted by Crippen LogP contribution is 2.32. The van der Waals surface area contributed by atoms with Crippen LogP contribution in [0.3, 0.4) is 0 Å². The molecule has 1 amide bonds. The normalized spacial score (nSPS) is 15.7. The number of ether oxygens (including phenoxy) is 5. The van der Waals surface area contributed by atoms with Gasteiger partial charge in [0.05, 0.1) is 26.0 Å². The topological polar surface area (TPSA) is 90.9 Å². The summed E-state index contributed by atoms with van der Waals surface area (Å²) in [7, 11) is 0. The van der Waals surface area contributed by atoms with Crippen LogP contribution in [-0.2, 0) is 4.74 Å². The van der Waals surface area contributed by atoms with Gasteiger partial charge in [-0.2, -0.15) is 5.10 Å². The van der Waals surface area contributed by atoms with Crippen LogP contribution in [0.2, 0.25) is 0 Å². The van der Waals surface area contributed by atoms with Crippen LogP contribution in [0.1, 0.15) is 22.8 Å². The van der Waals surface area contributed by atoms with Crippen LogP contribution in [0.5, 0.6) is 23.0 Å². The van der Waals surface area contributed by atoms with Gasteiger partial charge in [0.15, 0.2) is 23.0 Å². The van der Waals surface area contributed by atoms with Crippen molar-refractivity contribution in [3.8, 4) is 23.0 Å². The highest BCUT2D eigenvalue weighted by atomic mass is 16.7. The van der Waals surface area contributed by atoms with E-state index in [1.165, 1.54) is 0 Å². The molecule has 2 aromatic rings. The van der Waals surface area contributed by atoms with E-state index in [0.29, 0.717) is 41.8 Å². The molecule has 1 saturated heterocycles. The zero-order valence-corrected chi connectivity index (χ0v) is 18.0. The molecule has 9 heteroatoms. The highest BCUT2D eigenvalue weighted by molar-refractivity contribution is 5.95. The summed E-state index contributed by atoms with van der Waals surface area (Å²) in [5.41, 5.74) is 3.73. The summed E-state index contributed by atoms with van der Waals surface area (Å²) in [5, 5.41) is 4.05. The van der Waals surface area contributed by atoms with Gasteiger partial charge in [0.2, 0.25) is 6.79 Å². The summed E-state index contributed by atoms with van der Waals surface area (Å²) >= 11 is 0. The van der Waals surface area contributed by atoms with E-state index < -0.39 is 0 Å². The lowest BCUT2D eigenvalue weighted by molar-refractivity contribution is 0.0321. The smallest absolute Gasteiger partial charge is 0.271 e. The Balaban J connectivity index is 1.33. The van der Waals surface area contributed by atoms with Gasteiger partial charge in [-0.15, -0.1) is 0 Å². The van der Waals surface area contributed by atoms with E-state index in [1.807, 2.05) is 25.1 Å². The average Bonchev–Trinajstić information content (AvgIpc) is 3.29. The average molecular weight is 441 g/mol. The molecule has 0 atom stereocenters. The number of carbonyl (C=O) groups excluding carboxylic acids is 1. The molecule has 4 rings (SSSR count). The Kier molecular flexibility index (Phi) is 7.42. The number of hydrogen-bond donors (Lipinski definition) is 1. The molecule has 0 saturated carbocycles. The molecule has 0 aliphatic carbocycles. The highest BCUT2D eigenvalue weighted by Gasteiger charge is 2.16. The molecule has 0 unspecified atom stereocenters. The van der Waals surface area contributed by atoms with Crippen molar-refractivity contribution >= 4 is 12.1 Å². The van der Waals surface area contributed by atoms with E-state index in [0.717, 1.165) is 38.4 Å². The van der Waals surface area contributed by atoms with E-state index in [2.05, 4.69) is 15.4 Å². The van der Waals surface area contributed by atoms with Crippen molar-refractivity contribution in [1.82, 2.24) is 10.3 Å². The number of fused-ring (bicyclic) bond motifs is 1. The van der Waals surface area contributed by atoms with E-state index in [9.17, 15) is 4.79 Å². The van der Waals surface area contributed by atoms with Gasteiger partial charge >= 0.3 is 0 Å². The van der Waals surface area contributed by atoms with Gasteiger partial charge in [-0.05, 0) is 48.9 Å². The van der Waals surface area contributed by atoms with Crippen molar-refractivity contribution in [1.29, 1.82) is 0 Å². The Morgan fingerprint density at radius 2 is 1.94 bits per heavy atom. The molecule has 0 radical (unpaired) electrons. The number of nitrogens with one attached hydrogen (secondary N) is 1. The van der Waals surface area contributed by atoms with Gasteiger partial charge < -0.3 is 23.7 Å². The number of benzene rings is 2. The largest absolute Gasteiger partial charge is 0.490 e. The first-order valence-corrected chi connectivity index (χ1v) is 10.7. The summed E-state index contributed by atoms with van der Waals surface area (Å²) in [4.78, 5) is 14.6. The van der Waals surface area contributed by atoms with Crippen molar-refractivity contribution in [3.05, 3.63) is 47.5 Å². The number of hydrogen-bond acceptors (Lipinski definition) is 8. The number of nitrogens with zero attached hydrogens (tertiary/aromatic N) is 2. The number of carbonyl (C=O) groups is 1. The second kappa shape index (κ2) is 10.8. The van der Waals surface area contributed by atoms with Crippen LogP contribution in [0.15, 0.2) is 41.5 Å². The molecule has 32 heavy (non-hydrogen) atoms. The fourth-order valence-electron chi connectivity index (χ4n) is 3.37. The van der Waals surface area contributed by atoms with Gasteiger partial charge in [0, 0.05) is 25.2 Å². The molecule has 0 spiro atoms. The first-order chi connectivity index (χ1) is 15.7. The summed E-state index contributed by atoms with van der Waals surface area (Å²) in [6.45, 7) is 7.39. The zero-order valence-electron chi connectivity index (χ0n) is 18.0. The van der Waals surface area contributed by atoms with Crippen LogP contribution >= 0.6 is 0 Å². The third kappa shape index (κ3) is 5.68. The summed E-state index contributed by atoms with van der Waals surface area (Å²) in [5.74, 6) is 2.16. The molecule has 2 aliphatic rings. The first kappa shape index (κ1) is 21.9. The van der Waals surface area contributed by atoms with Crippen LogP contribution < -0.4 is 24.4 Å². The van der Waals surface area contributed by atoms with Crippen LogP contribution in [0.25, 0.3) is 0 Å². The maximum atomic E-state index is 12.3. The quantitative estimate of drug-likeness (QED) is 0.472. The minimum absolute atomic E-state index is 0.160. The third-order valence-corrected chi connectivity index (χ3v) is 5.05. The molecule has 1 fully saturated rings. The van der Waals surface area contributed by atoms with Crippen molar-refractivity contribution in [2.75, 3.05) is 52.9 Å². The summed E-state index contributed by atoms with van der Waals surface area (Å²) < 4.78 is 27.6. The van der Waals surface area contributed by atoms with Crippen molar-refractivity contribution in [2.45, 2.75) is 6.92 Å². The molecule has 170 valence electrons. The van der Waals surface area contributed by atoms with Crippen molar-refractivity contribution < 1.29 is 28.5 Å². The van der Waals surface area contributed by atoms with Crippen molar-refractivity contribution in [3.63, 3.8) is 0 Å². The maximum Gasteiger partial charge on any atom is 0.271 e. The second-order valence-corrected chi connectivity index (χ2v) is 7.21. The number of hydrazone groups is 1. The SMILES string of the molecule is CCOc1cc(/C=N/NC(=O)c2ccc3c(c2)OCO3)ccc1OCCN1CCOCC1. The monoisotopic (exact) mass is 441 g/mol. The molecular weight excluding hydrogens is 414 g/mol. The fourth-order valence-corrected chi connectivity index (χ4v) is 3.37. The predicted octanol–water partition coefficient (Wildman–Crippen LogP) is 2.29. The second-order valence-electron chi connectivity index (χ2n) is 7.21.